The average molecular weight is 277 g/mol. The molecule has 0 radical (unpaired) electrons. The van der Waals surface area contributed by atoms with Crippen LogP contribution in [-0.4, -0.2) is 12.1 Å². The number of hydrogen-bond donors (Lipinski definition) is 1. The summed E-state index contributed by atoms with van der Waals surface area (Å²) in [5, 5.41) is 4.09. The Morgan fingerprint density at radius 3 is 2.41 bits per heavy atom. The molecule has 1 aromatic rings. The maximum atomic E-state index is 6.11. The minimum atomic E-state index is 0. The summed E-state index contributed by atoms with van der Waals surface area (Å²) in [5.41, 5.74) is 1.29. The molecule has 0 amide bonds. The minimum Gasteiger partial charge on any atom is -1.00 e. The molecule has 0 aliphatic carbocycles. The minimum absolute atomic E-state index is 0. The predicted octanol–water partition coefficient (Wildman–Crippen LogP) is 0.631. The molecule has 0 spiro atoms. The van der Waals surface area contributed by atoms with Crippen molar-refractivity contribution in [2.45, 2.75) is 39.8 Å². The highest BCUT2D eigenvalue weighted by Crippen LogP contribution is 2.25. The van der Waals surface area contributed by atoms with E-state index in [1.54, 1.807) is 0 Å². The SMILES string of the molecule is CCOc1ccc(CNC(C)(C)C)cc1Cl.[Cl-]. The number of halogens is 2. The Labute approximate surface area is 115 Å². The standard InChI is InChI=1S/C13H20ClNO.ClH/c1-5-16-12-7-6-10(8-11(12)14)9-15-13(2,3)4;/h6-8,15H,5,9H2,1-4H3;1H/p-1. The Morgan fingerprint density at radius 1 is 1.29 bits per heavy atom. The van der Waals surface area contributed by atoms with Crippen LogP contribution in [0.1, 0.15) is 33.3 Å². The highest BCUT2D eigenvalue weighted by atomic mass is 35.5. The molecule has 1 aromatic carbocycles. The Kier molecular flexibility index (Phi) is 6.91. The van der Waals surface area contributed by atoms with Crippen molar-refractivity contribution in [2.75, 3.05) is 6.61 Å². The van der Waals surface area contributed by atoms with Gasteiger partial charge in [0.1, 0.15) is 5.75 Å². The summed E-state index contributed by atoms with van der Waals surface area (Å²) in [5.74, 6) is 0.753. The van der Waals surface area contributed by atoms with E-state index in [2.05, 4.69) is 26.1 Å². The molecule has 98 valence electrons. The molecule has 0 saturated carbocycles. The summed E-state index contributed by atoms with van der Waals surface area (Å²) in [4.78, 5) is 0. The molecule has 0 atom stereocenters. The third-order valence-electron chi connectivity index (χ3n) is 2.12. The number of benzene rings is 1. The lowest BCUT2D eigenvalue weighted by Crippen LogP contribution is -3.00. The molecule has 1 rings (SSSR count). The van der Waals surface area contributed by atoms with Gasteiger partial charge in [-0.2, -0.15) is 0 Å². The first-order chi connectivity index (χ1) is 7.42. The Balaban J connectivity index is 0.00000256. The van der Waals surface area contributed by atoms with Crippen molar-refractivity contribution >= 4 is 11.6 Å². The zero-order chi connectivity index (χ0) is 12.2. The maximum absolute atomic E-state index is 6.11. The average Bonchev–Trinajstić information content (AvgIpc) is 2.18. The summed E-state index contributed by atoms with van der Waals surface area (Å²) >= 11 is 6.11. The van der Waals surface area contributed by atoms with Gasteiger partial charge >= 0.3 is 0 Å². The summed E-state index contributed by atoms with van der Waals surface area (Å²) in [7, 11) is 0. The van der Waals surface area contributed by atoms with Crippen LogP contribution in [0.25, 0.3) is 0 Å². The van der Waals surface area contributed by atoms with Crippen LogP contribution >= 0.6 is 11.6 Å². The van der Waals surface area contributed by atoms with Crippen molar-refractivity contribution in [3.05, 3.63) is 28.8 Å². The Morgan fingerprint density at radius 2 is 1.94 bits per heavy atom. The normalized spacial score (nSPS) is 10.9. The predicted molar refractivity (Wildman–Crippen MR) is 69.2 cm³/mol. The van der Waals surface area contributed by atoms with E-state index in [4.69, 9.17) is 16.3 Å². The van der Waals surface area contributed by atoms with Crippen LogP contribution in [0.5, 0.6) is 5.75 Å². The van der Waals surface area contributed by atoms with Gasteiger partial charge < -0.3 is 22.5 Å². The first kappa shape index (κ1) is 16.6. The van der Waals surface area contributed by atoms with Crippen molar-refractivity contribution in [2.24, 2.45) is 0 Å². The number of ether oxygens (including phenoxy) is 1. The molecule has 1 N–H and O–H groups in total. The summed E-state index contributed by atoms with van der Waals surface area (Å²) < 4.78 is 5.38. The first-order valence-corrected chi connectivity index (χ1v) is 5.96. The van der Waals surface area contributed by atoms with Crippen LogP contribution in [0, 0.1) is 0 Å². The molecule has 4 heteroatoms. The summed E-state index contributed by atoms with van der Waals surface area (Å²) in [6, 6.07) is 5.91. The second kappa shape index (κ2) is 7.10. The number of hydrogen-bond acceptors (Lipinski definition) is 2. The van der Waals surface area contributed by atoms with E-state index in [9.17, 15) is 0 Å². The molecule has 0 aromatic heterocycles. The van der Waals surface area contributed by atoms with E-state index in [0.717, 1.165) is 12.3 Å². The highest BCUT2D eigenvalue weighted by molar-refractivity contribution is 6.32. The van der Waals surface area contributed by atoms with E-state index >= 15 is 0 Å². The smallest absolute Gasteiger partial charge is 0.137 e. The lowest BCUT2D eigenvalue weighted by molar-refractivity contribution is -0.00000456. The topological polar surface area (TPSA) is 21.3 Å². The molecule has 2 nitrogen and oxygen atoms in total. The lowest BCUT2D eigenvalue weighted by atomic mass is 10.1. The molecule has 0 unspecified atom stereocenters. The van der Waals surface area contributed by atoms with Crippen LogP contribution in [0.3, 0.4) is 0 Å². The van der Waals surface area contributed by atoms with E-state index < -0.39 is 0 Å². The number of rotatable bonds is 4. The first-order valence-electron chi connectivity index (χ1n) is 5.58. The van der Waals surface area contributed by atoms with Gasteiger partial charge in [-0.05, 0) is 45.4 Å². The quantitative estimate of drug-likeness (QED) is 0.871. The number of nitrogens with one attached hydrogen (secondary N) is 1. The van der Waals surface area contributed by atoms with Crippen molar-refractivity contribution in [3.63, 3.8) is 0 Å². The van der Waals surface area contributed by atoms with Gasteiger partial charge in [0.15, 0.2) is 0 Å². The van der Waals surface area contributed by atoms with Crippen molar-refractivity contribution in [1.29, 1.82) is 0 Å². The monoisotopic (exact) mass is 276 g/mol. The van der Waals surface area contributed by atoms with Crippen molar-refractivity contribution < 1.29 is 17.1 Å². The molecular formula is C13H20Cl2NO-. The van der Waals surface area contributed by atoms with E-state index in [1.165, 1.54) is 5.56 Å². The van der Waals surface area contributed by atoms with Gasteiger partial charge in [-0.3, -0.25) is 0 Å². The zero-order valence-corrected chi connectivity index (χ0v) is 12.3. The Bertz CT molecular complexity index is 348. The lowest BCUT2D eigenvalue weighted by Gasteiger charge is -2.20. The molecule has 0 heterocycles. The van der Waals surface area contributed by atoms with Gasteiger partial charge in [0, 0.05) is 12.1 Å². The maximum Gasteiger partial charge on any atom is 0.137 e. The third-order valence-corrected chi connectivity index (χ3v) is 2.41. The summed E-state index contributed by atoms with van der Waals surface area (Å²) in [6.45, 7) is 9.83. The van der Waals surface area contributed by atoms with Gasteiger partial charge in [0.05, 0.1) is 11.6 Å². The molecule has 0 bridgehead atoms. The largest absolute Gasteiger partial charge is 1.00 e. The second-order valence-electron chi connectivity index (χ2n) is 4.80. The molecule has 0 saturated heterocycles. The highest BCUT2D eigenvalue weighted by Gasteiger charge is 2.09. The van der Waals surface area contributed by atoms with Crippen LogP contribution in [0.2, 0.25) is 5.02 Å². The van der Waals surface area contributed by atoms with Gasteiger partial charge in [-0.1, -0.05) is 17.7 Å². The van der Waals surface area contributed by atoms with Crippen molar-refractivity contribution in [3.8, 4) is 5.75 Å². The van der Waals surface area contributed by atoms with E-state index in [-0.39, 0.29) is 17.9 Å². The fraction of sp³-hybridized carbons (Fsp3) is 0.538. The van der Waals surface area contributed by atoms with E-state index in [0.29, 0.717) is 11.6 Å². The third kappa shape index (κ3) is 6.16. The second-order valence-corrected chi connectivity index (χ2v) is 5.21. The molecular weight excluding hydrogens is 257 g/mol. The molecule has 0 aliphatic rings. The van der Waals surface area contributed by atoms with Gasteiger partial charge in [-0.15, -0.1) is 0 Å². The van der Waals surface area contributed by atoms with Crippen LogP contribution in [0.15, 0.2) is 18.2 Å². The Hall–Kier alpha value is -0.440. The molecule has 17 heavy (non-hydrogen) atoms. The van der Waals surface area contributed by atoms with Gasteiger partial charge in [0.25, 0.3) is 0 Å². The zero-order valence-electron chi connectivity index (χ0n) is 10.8. The van der Waals surface area contributed by atoms with Crippen LogP contribution < -0.4 is 22.5 Å². The van der Waals surface area contributed by atoms with Crippen molar-refractivity contribution in [1.82, 2.24) is 5.32 Å². The van der Waals surface area contributed by atoms with E-state index in [1.807, 2.05) is 25.1 Å². The molecule has 0 fully saturated rings. The van der Waals surface area contributed by atoms with Crippen LogP contribution in [0.4, 0.5) is 0 Å². The fourth-order valence-corrected chi connectivity index (χ4v) is 1.55. The van der Waals surface area contributed by atoms with Crippen LogP contribution in [-0.2, 0) is 6.54 Å². The fourth-order valence-electron chi connectivity index (χ4n) is 1.29. The van der Waals surface area contributed by atoms with Gasteiger partial charge in [-0.25, -0.2) is 0 Å². The summed E-state index contributed by atoms with van der Waals surface area (Å²) in [6.07, 6.45) is 0. The molecule has 0 aliphatic heterocycles. The van der Waals surface area contributed by atoms with Gasteiger partial charge in [0.2, 0.25) is 0 Å².